The quantitative estimate of drug-likeness (QED) is 0.800. The van der Waals surface area contributed by atoms with Gasteiger partial charge in [0.15, 0.2) is 0 Å². The van der Waals surface area contributed by atoms with Gasteiger partial charge in [0.25, 0.3) is 0 Å². The van der Waals surface area contributed by atoms with Crippen molar-refractivity contribution in [3.05, 3.63) is 24.4 Å². The smallest absolute Gasteiger partial charge is 0.125 e. The highest BCUT2D eigenvalue weighted by Crippen LogP contribution is 2.22. The molecule has 3 nitrogen and oxygen atoms in total. The molecule has 1 N–H and O–H groups in total. The van der Waals surface area contributed by atoms with Gasteiger partial charge < -0.3 is 5.32 Å². The number of nitrogens with zero attached hydrogens (tertiary/aromatic N) is 2. The van der Waals surface area contributed by atoms with E-state index in [9.17, 15) is 0 Å². The fourth-order valence-electron chi connectivity index (χ4n) is 1.28. The molecule has 0 aliphatic rings. The molecule has 0 saturated heterocycles. The van der Waals surface area contributed by atoms with E-state index >= 15 is 0 Å². The second-order valence-corrected chi connectivity index (χ2v) is 4.39. The Hall–Kier alpha value is -1.56. The first kappa shape index (κ1) is 11.5. The maximum absolute atomic E-state index is 8.53. The van der Waals surface area contributed by atoms with E-state index in [2.05, 4.69) is 30.2 Å². The van der Waals surface area contributed by atoms with Crippen molar-refractivity contribution in [3.63, 3.8) is 0 Å². The lowest BCUT2D eigenvalue weighted by atomic mass is 9.88. The fourth-order valence-corrected chi connectivity index (χ4v) is 1.28. The molecule has 0 aliphatic heterocycles. The monoisotopic (exact) mass is 203 g/mol. The van der Waals surface area contributed by atoms with Crippen LogP contribution >= 0.6 is 0 Å². The molecule has 0 atom stereocenters. The minimum Gasteiger partial charge on any atom is -0.370 e. The van der Waals surface area contributed by atoms with Crippen molar-refractivity contribution in [1.29, 1.82) is 5.26 Å². The van der Waals surface area contributed by atoms with Gasteiger partial charge in [0.1, 0.15) is 5.82 Å². The number of pyridine rings is 1. The number of anilines is 1. The van der Waals surface area contributed by atoms with Crippen molar-refractivity contribution in [2.75, 3.05) is 11.9 Å². The number of aromatic nitrogens is 1. The second-order valence-electron chi connectivity index (χ2n) is 4.39. The lowest BCUT2D eigenvalue weighted by molar-refractivity contribution is 0.363. The normalized spacial score (nSPS) is 10.7. The van der Waals surface area contributed by atoms with Gasteiger partial charge in [-0.1, -0.05) is 19.9 Å². The Balaban J connectivity index is 2.40. The van der Waals surface area contributed by atoms with Crippen molar-refractivity contribution in [1.82, 2.24) is 4.98 Å². The van der Waals surface area contributed by atoms with Crippen LogP contribution in [0.25, 0.3) is 0 Å². The summed E-state index contributed by atoms with van der Waals surface area (Å²) in [5.41, 5.74) is 0.132. The van der Waals surface area contributed by atoms with Gasteiger partial charge in [-0.15, -0.1) is 0 Å². The van der Waals surface area contributed by atoms with E-state index in [1.165, 1.54) is 0 Å². The fraction of sp³-hybridized carbons (Fsp3) is 0.500. The summed E-state index contributed by atoms with van der Waals surface area (Å²) in [6.45, 7) is 5.15. The summed E-state index contributed by atoms with van der Waals surface area (Å²) in [4.78, 5) is 4.19. The number of rotatable bonds is 5. The van der Waals surface area contributed by atoms with Crippen molar-refractivity contribution in [3.8, 4) is 6.07 Å². The molecule has 3 heteroatoms. The Morgan fingerprint density at radius 3 is 2.87 bits per heavy atom. The third-order valence-electron chi connectivity index (χ3n) is 2.33. The van der Waals surface area contributed by atoms with E-state index in [-0.39, 0.29) is 5.41 Å². The summed E-state index contributed by atoms with van der Waals surface area (Å²) < 4.78 is 0. The minimum absolute atomic E-state index is 0.132. The zero-order chi connectivity index (χ0) is 11.1. The van der Waals surface area contributed by atoms with E-state index in [1.807, 2.05) is 18.2 Å². The van der Waals surface area contributed by atoms with Crippen molar-refractivity contribution < 1.29 is 0 Å². The predicted octanol–water partition coefficient (Wildman–Crippen LogP) is 2.82. The molecule has 0 unspecified atom stereocenters. The highest BCUT2D eigenvalue weighted by molar-refractivity contribution is 5.33. The molecule has 0 aromatic carbocycles. The molecule has 1 aromatic rings. The van der Waals surface area contributed by atoms with Crippen LogP contribution in [-0.4, -0.2) is 11.5 Å². The molecular formula is C12H17N3. The van der Waals surface area contributed by atoms with Gasteiger partial charge in [-0.2, -0.15) is 5.26 Å². The maximum Gasteiger partial charge on any atom is 0.125 e. The number of nitrogens with one attached hydrogen (secondary N) is 1. The second kappa shape index (κ2) is 5.35. The lowest BCUT2D eigenvalue weighted by Gasteiger charge is -2.23. The lowest BCUT2D eigenvalue weighted by Crippen LogP contribution is -2.23. The zero-order valence-electron chi connectivity index (χ0n) is 9.33. The van der Waals surface area contributed by atoms with Gasteiger partial charge in [0.05, 0.1) is 6.07 Å². The molecule has 0 fully saturated rings. The molecule has 0 spiro atoms. The number of nitriles is 1. The third-order valence-corrected chi connectivity index (χ3v) is 2.33. The van der Waals surface area contributed by atoms with Gasteiger partial charge in [-0.25, -0.2) is 4.98 Å². The molecule has 0 amide bonds. The molecule has 0 aliphatic carbocycles. The first-order chi connectivity index (χ1) is 7.14. The summed E-state index contributed by atoms with van der Waals surface area (Å²) in [5, 5.41) is 11.8. The van der Waals surface area contributed by atoms with Crippen LogP contribution in [0.1, 0.15) is 26.7 Å². The van der Waals surface area contributed by atoms with E-state index in [4.69, 9.17) is 5.26 Å². The summed E-state index contributed by atoms with van der Waals surface area (Å²) in [5.74, 6) is 0.891. The van der Waals surface area contributed by atoms with Crippen LogP contribution in [0.15, 0.2) is 24.4 Å². The average Bonchev–Trinajstić information content (AvgIpc) is 2.25. The van der Waals surface area contributed by atoms with E-state index in [1.54, 1.807) is 6.20 Å². The molecule has 1 rings (SSSR count). The van der Waals surface area contributed by atoms with Crippen LogP contribution in [0.2, 0.25) is 0 Å². The molecular weight excluding hydrogens is 186 g/mol. The summed E-state index contributed by atoms with van der Waals surface area (Å²) in [6, 6.07) is 7.97. The first-order valence-corrected chi connectivity index (χ1v) is 5.16. The predicted molar refractivity (Wildman–Crippen MR) is 61.4 cm³/mol. The molecule has 1 heterocycles. The number of hydrogen-bond donors (Lipinski definition) is 1. The van der Waals surface area contributed by atoms with E-state index < -0.39 is 0 Å². The van der Waals surface area contributed by atoms with Crippen molar-refractivity contribution in [2.24, 2.45) is 5.41 Å². The maximum atomic E-state index is 8.53. The van der Waals surface area contributed by atoms with Gasteiger partial charge in [0.2, 0.25) is 0 Å². The standard InChI is InChI=1S/C12H17N3/c1-12(2,7-5-8-13)10-15-11-6-3-4-9-14-11/h3-4,6,9H,5,7,10H2,1-2H3,(H,14,15). The van der Waals surface area contributed by atoms with Crippen LogP contribution in [-0.2, 0) is 0 Å². The molecule has 15 heavy (non-hydrogen) atoms. The largest absolute Gasteiger partial charge is 0.370 e. The van der Waals surface area contributed by atoms with Crippen LogP contribution in [0.3, 0.4) is 0 Å². The molecule has 0 bridgehead atoms. The Bertz CT molecular complexity index is 324. The van der Waals surface area contributed by atoms with E-state index in [0.717, 1.165) is 18.8 Å². The highest BCUT2D eigenvalue weighted by atomic mass is 15.0. The summed E-state index contributed by atoms with van der Waals surface area (Å²) in [6.07, 6.45) is 3.28. The summed E-state index contributed by atoms with van der Waals surface area (Å²) in [7, 11) is 0. The van der Waals surface area contributed by atoms with Gasteiger partial charge >= 0.3 is 0 Å². The van der Waals surface area contributed by atoms with Crippen molar-refractivity contribution >= 4 is 5.82 Å². The molecule has 80 valence electrons. The number of hydrogen-bond acceptors (Lipinski definition) is 3. The summed E-state index contributed by atoms with van der Waals surface area (Å²) >= 11 is 0. The molecule has 0 radical (unpaired) electrons. The van der Waals surface area contributed by atoms with Crippen LogP contribution < -0.4 is 5.32 Å². The third kappa shape index (κ3) is 4.46. The Labute approximate surface area is 91.1 Å². The topological polar surface area (TPSA) is 48.7 Å². The minimum atomic E-state index is 0.132. The Morgan fingerprint density at radius 1 is 1.47 bits per heavy atom. The SMILES string of the molecule is CC(C)(CCC#N)CNc1ccccn1. The van der Waals surface area contributed by atoms with Crippen molar-refractivity contribution in [2.45, 2.75) is 26.7 Å². The van der Waals surface area contributed by atoms with Gasteiger partial charge in [-0.05, 0) is 24.0 Å². The molecule has 0 saturated carbocycles. The molecule has 1 aromatic heterocycles. The van der Waals surface area contributed by atoms with E-state index in [0.29, 0.717) is 6.42 Å². The van der Waals surface area contributed by atoms with Crippen LogP contribution in [0.4, 0.5) is 5.82 Å². The van der Waals surface area contributed by atoms with Crippen LogP contribution in [0, 0.1) is 16.7 Å². The van der Waals surface area contributed by atoms with Gasteiger partial charge in [-0.3, -0.25) is 0 Å². The van der Waals surface area contributed by atoms with Crippen LogP contribution in [0.5, 0.6) is 0 Å². The zero-order valence-corrected chi connectivity index (χ0v) is 9.33. The highest BCUT2D eigenvalue weighted by Gasteiger charge is 2.16. The Morgan fingerprint density at radius 2 is 2.27 bits per heavy atom. The average molecular weight is 203 g/mol. The van der Waals surface area contributed by atoms with Gasteiger partial charge in [0, 0.05) is 19.2 Å². The first-order valence-electron chi connectivity index (χ1n) is 5.16. The Kier molecular flexibility index (Phi) is 4.11.